The van der Waals surface area contributed by atoms with Crippen molar-refractivity contribution in [1.29, 1.82) is 0 Å². The summed E-state index contributed by atoms with van der Waals surface area (Å²) < 4.78 is 0. The molecule has 8 heteroatoms. The molecule has 4 amide bonds. The first-order chi connectivity index (χ1) is 5.52. The summed E-state index contributed by atoms with van der Waals surface area (Å²) in [7, 11) is 1.22. The maximum absolute atomic E-state index is 11.0. The van der Waals surface area contributed by atoms with Crippen molar-refractivity contribution in [2.45, 2.75) is 0 Å². The van der Waals surface area contributed by atoms with Crippen LogP contribution in [0.25, 0.3) is 5.32 Å². The van der Waals surface area contributed by atoms with Crippen molar-refractivity contribution in [3.8, 4) is 0 Å². The fraction of sp³-hybridized carbons (Fsp3) is 0.286. The SMILES string of the molecule is CN1C(=O)C2(C(=O)[N-]C2=O)C1=O.[CH3-].[Y].[Y]. The van der Waals surface area contributed by atoms with E-state index >= 15 is 0 Å². The zero-order valence-corrected chi connectivity index (χ0v) is 13.9. The van der Waals surface area contributed by atoms with Crippen molar-refractivity contribution in [1.82, 2.24) is 4.90 Å². The molecule has 2 aliphatic heterocycles. The molecule has 0 aliphatic carbocycles. The first-order valence-corrected chi connectivity index (χ1v) is 3.16. The number of hydrogen-bond acceptors (Lipinski definition) is 4. The minimum atomic E-state index is -2.05. The van der Waals surface area contributed by atoms with Crippen LogP contribution in [0, 0.1) is 12.8 Å². The number of β-lactam (4-membered cyclic amide) rings is 4. The topological polar surface area (TPSA) is 85.6 Å². The van der Waals surface area contributed by atoms with Gasteiger partial charge >= 0.3 is 0 Å². The molecule has 2 saturated heterocycles. The standard InChI is InChI=1S/C6H4N2O4.CH3.2Y/c1-8-4(11)6(5(8)12)2(9)7-3(6)10;;;/h1H3,(H,7,9,10);1H3;;/q;-1;;/p-1. The number of carbonyl (C=O) groups excluding carboxylic acids is 4. The van der Waals surface area contributed by atoms with Crippen LogP contribution in [0.5, 0.6) is 0 Å². The number of rotatable bonds is 0. The van der Waals surface area contributed by atoms with Crippen LogP contribution in [0.4, 0.5) is 0 Å². The van der Waals surface area contributed by atoms with E-state index in [4.69, 9.17) is 0 Å². The van der Waals surface area contributed by atoms with E-state index in [1.807, 2.05) is 0 Å². The maximum Gasteiger partial charge on any atom is 0.256 e. The van der Waals surface area contributed by atoms with Crippen molar-refractivity contribution < 1.29 is 84.6 Å². The Kier molecular flexibility index (Phi) is 6.21. The molecule has 2 heterocycles. The Hall–Kier alpha value is 0.488. The summed E-state index contributed by atoms with van der Waals surface area (Å²) in [6, 6.07) is 0. The Balaban J connectivity index is 0. The molecule has 0 aromatic carbocycles. The summed E-state index contributed by atoms with van der Waals surface area (Å²) in [6.45, 7) is 0. The zero-order chi connectivity index (χ0) is 9.09. The summed E-state index contributed by atoms with van der Waals surface area (Å²) in [5, 5.41) is 2.89. The molecule has 0 N–H and O–H groups in total. The molecule has 0 unspecified atom stereocenters. The molecule has 0 aromatic rings. The Morgan fingerprint density at radius 2 is 1.33 bits per heavy atom. The smallest absolute Gasteiger partial charge is 0.256 e. The van der Waals surface area contributed by atoms with Gasteiger partial charge in [0.2, 0.25) is 5.41 Å². The van der Waals surface area contributed by atoms with Gasteiger partial charge in [-0.2, -0.15) is 0 Å². The van der Waals surface area contributed by atoms with Gasteiger partial charge in [-0.1, -0.05) is 0 Å². The first kappa shape index (κ1) is 17.9. The Morgan fingerprint density at radius 3 is 1.53 bits per heavy atom. The predicted molar refractivity (Wildman–Crippen MR) is 40.0 cm³/mol. The fourth-order valence-corrected chi connectivity index (χ4v) is 1.30. The van der Waals surface area contributed by atoms with Crippen molar-refractivity contribution in [3.05, 3.63) is 12.7 Å². The number of likely N-dealkylation sites (tertiary alicyclic amines) is 1. The van der Waals surface area contributed by atoms with Crippen LogP contribution in [-0.2, 0) is 84.6 Å². The molecule has 76 valence electrons. The maximum atomic E-state index is 11.0. The van der Waals surface area contributed by atoms with E-state index in [0.717, 1.165) is 4.90 Å². The van der Waals surface area contributed by atoms with Gasteiger partial charge < -0.3 is 22.3 Å². The van der Waals surface area contributed by atoms with Crippen molar-refractivity contribution in [3.63, 3.8) is 0 Å². The summed E-state index contributed by atoms with van der Waals surface area (Å²) in [5.41, 5.74) is -2.05. The molecule has 1 spiro atoms. The van der Waals surface area contributed by atoms with Gasteiger partial charge in [-0.05, 0) is 0 Å². The molecule has 2 radical (unpaired) electrons. The van der Waals surface area contributed by atoms with Gasteiger partial charge in [-0.15, -0.1) is 0 Å². The Morgan fingerprint density at radius 1 is 1.00 bits per heavy atom. The van der Waals surface area contributed by atoms with Crippen molar-refractivity contribution in [2.75, 3.05) is 7.05 Å². The van der Waals surface area contributed by atoms with Crippen LogP contribution in [-0.4, -0.2) is 35.6 Å². The predicted octanol–water partition coefficient (Wildman–Crippen LogP) is -1.14. The Bertz CT molecular complexity index is 323. The van der Waals surface area contributed by atoms with Crippen LogP contribution in [0.2, 0.25) is 0 Å². The number of nitrogens with zero attached hydrogens (tertiary/aromatic N) is 2. The molecule has 0 bridgehead atoms. The molecule has 6 nitrogen and oxygen atoms in total. The molecule has 0 aromatic heterocycles. The molecular weight excluding hydrogens is 354 g/mol. The summed E-state index contributed by atoms with van der Waals surface area (Å²) in [5.74, 6) is -3.39. The van der Waals surface area contributed by atoms with E-state index in [1.54, 1.807) is 0 Å². The van der Waals surface area contributed by atoms with Gasteiger partial charge in [0.05, 0.1) is 11.8 Å². The number of carbonyl (C=O) groups is 4. The average molecular weight is 360 g/mol. The normalized spacial score (nSPS) is 20.2. The van der Waals surface area contributed by atoms with Gasteiger partial charge in [0, 0.05) is 72.5 Å². The van der Waals surface area contributed by atoms with Crippen LogP contribution in [0.3, 0.4) is 0 Å². The minimum absolute atomic E-state index is 0. The minimum Gasteiger partial charge on any atom is -0.592 e. The number of amides is 4. The number of hydrogen-bond donors (Lipinski definition) is 0. The average Bonchev–Trinajstić information content (AvgIpc) is 2.04. The summed E-state index contributed by atoms with van der Waals surface area (Å²) >= 11 is 0. The summed E-state index contributed by atoms with van der Waals surface area (Å²) in [6.07, 6.45) is 0. The van der Waals surface area contributed by atoms with E-state index in [-0.39, 0.29) is 72.8 Å². The van der Waals surface area contributed by atoms with Gasteiger partial charge in [0.25, 0.3) is 11.8 Å². The quantitative estimate of drug-likeness (QED) is 0.311. The van der Waals surface area contributed by atoms with E-state index in [1.165, 1.54) is 7.05 Å². The third-order valence-corrected chi connectivity index (χ3v) is 2.10. The molecule has 0 atom stereocenters. The van der Waals surface area contributed by atoms with Gasteiger partial charge in [0.15, 0.2) is 0 Å². The second-order valence-corrected chi connectivity index (χ2v) is 2.64. The van der Waals surface area contributed by atoms with Gasteiger partial charge in [0.1, 0.15) is 0 Å². The van der Waals surface area contributed by atoms with Crippen molar-refractivity contribution in [2.24, 2.45) is 5.41 Å². The largest absolute Gasteiger partial charge is 0.592 e. The van der Waals surface area contributed by atoms with E-state index in [2.05, 4.69) is 5.32 Å². The van der Waals surface area contributed by atoms with Crippen LogP contribution < -0.4 is 0 Å². The zero-order valence-electron chi connectivity index (χ0n) is 8.18. The first-order valence-electron chi connectivity index (χ1n) is 3.16. The van der Waals surface area contributed by atoms with Crippen molar-refractivity contribution >= 4 is 23.6 Å². The Labute approximate surface area is 137 Å². The van der Waals surface area contributed by atoms with Crippen LogP contribution in [0.1, 0.15) is 0 Å². The van der Waals surface area contributed by atoms with Gasteiger partial charge in [-0.3, -0.25) is 14.5 Å². The van der Waals surface area contributed by atoms with Crippen LogP contribution >= 0.6 is 0 Å². The fourth-order valence-electron chi connectivity index (χ4n) is 1.30. The number of imide groups is 2. The van der Waals surface area contributed by atoms with Gasteiger partial charge in [-0.25, -0.2) is 0 Å². The molecule has 0 saturated carbocycles. The molecular formula is C7H6N2O4Y2-2. The summed E-state index contributed by atoms with van der Waals surface area (Å²) in [4.78, 5) is 44.3. The van der Waals surface area contributed by atoms with E-state index in [9.17, 15) is 19.2 Å². The third kappa shape index (κ3) is 1.70. The second kappa shape index (κ2) is 5.21. The molecule has 2 aliphatic rings. The van der Waals surface area contributed by atoms with Crippen LogP contribution in [0.15, 0.2) is 0 Å². The molecule has 15 heavy (non-hydrogen) atoms. The molecule has 2 fully saturated rings. The third-order valence-electron chi connectivity index (χ3n) is 2.10. The van der Waals surface area contributed by atoms with E-state index in [0.29, 0.717) is 0 Å². The van der Waals surface area contributed by atoms with E-state index < -0.39 is 29.0 Å². The molecule has 2 rings (SSSR count). The second-order valence-electron chi connectivity index (χ2n) is 2.64. The monoisotopic (exact) mass is 360 g/mol.